The molecule has 4 rings (SSSR count). The summed E-state index contributed by atoms with van der Waals surface area (Å²) in [6, 6.07) is 20.9. The SMILES string of the molecule is COc1ccc(/C=C2\SC(=O)N(CCOc3ccc(C)cc3)C2=O)cc1OCc1ccc(Br)cc1. The van der Waals surface area contributed by atoms with Crippen molar-refractivity contribution in [2.24, 2.45) is 0 Å². The van der Waals surface area contributed by atoms with Crippen LogP contribution in [0.5, 0.6) is 17.2 Å². The van der Waals surface area contributed by atoms with Crippen LogP contribution in [-0.4, -0.2) is 36.3 Å². The van der Waals surface area contributed by atoms with Crippen LogP contribution in [0.15, 0.2) is 76.1 Å². The van der Waals surface area contributed by atoms with Gasteiger partial charge < -0.3 is 14.2 Å². The third kappa shape index (κ3) is 6.46. The minimum absolute atomic E-state index is 0.181. The summed E-state index contributed by atoms with van der Waals surface area (Å²) in [5.74, 6) is 1.50. The number of hydrogen-bond donors (Lipinski definition) is 0. The van der Waals surface area contributed by atoms with Crippen LogP contribution >= 0.6 is 27.7 Å². The van der Waals surface area contributed by atoms with Gasteiger partial charge in [0, 0.05) is 4.47 Å². The van der Waals surface area contributed by atoms with Crippen LogP contribution < -0.4 is 14.2 Å². The van der Waals surface area contributed by atoms with E-state index >= 15 is 0 Å². The minimum atomic E-state index is -0.333. The number of hydrogen-bond acceptors (Lipinski definition) is 6. The zero-order valence-electron chi connectivity index (χ0n) is 19.3. The molecule has 35 heavy (non-hydrogen) atoms. The van der Waals surface area contributed by atoms with E-state index in [1.54, 1.807) is 25.3 Å². The van der Waals surface area contributed by atoms with Crippen molar-refractivity contribution < 1.29 is 23.8 Å². The van der Waals surface area contributed by atoms with Crippen LogP contribution in [0.1, 0.15) is 16.7 Å². The fourth-order valence-electron chi connectivity index (χ4n) is 3.37. The van der Waals surface area contributed by atoms with E-state index in [4.69, 9.17) is 14.2 Å². The number of benzene rings is 3. The Hall–Kier alpha value is -3.23. The Kier molecular flexibility index (Phi) is 8.15. The van der Waals surface area contributed by atoms with Gasteiger partial charge in [-0.3, -0.25) is 14.5 Å². The lowest BCUT2D eigenvalue weighted by Crippen LogP contribution is -2.32. The average molecular weight is 554 g/mol. The number of aryl methyl sites for hydroxylation is 1. The molecule has 3 aromatic rings. The van der Waals surface area contributed by atoms with Gasteiger partial charge in [-0.1, -0.05) is 51.8 Å². The first-order valence-corrected chi connectivity index (χ1v) is 12.5. The summed E-state index contributed by atoms with van der Waals surface area (Å²) in [7, 11) is 1.57. The summed E-state index contributed by atoms with van der Waals surface area (Å²) >= 11 is 4.34. The molecule has 0 bridgehead atoms. The summed E-state index contributed by atoms with van der Waals surface area (Å²) in [5, 5.41) is -0.311. The van der Waals surface area contributed by atoms with Gasteiger partial charge in [0.2, 0.25) is 0 Å². The average Bonchev–Trinajstić information content (AvgIpc) is 3.12. The van der Waals surface area contributed by atoms with Crippen molar-refractivity contribution in [3.8, 4) is 17.2 Å². The van der Waals surface area contributed by atoms with Gasteiger partial charge in [0.15, 0.2) is 11.5 Å². The second kappa shape index (κ2) is 11.5. The van der Waals surface area contributed by atoms with Crippen molar-refractivity contribution in [2.75, 3.05) is 20.3 Å². The van der Waals surface area contributed by atoms with Crippen LogP contribution in [0.25, 0.3) is 6.08 Å². The molecule has 0 N–H and O–H groups in total. The molecule has 2 amide bonds. The zero-order chi connectivity index (χ0) is 24.8. The van der Waals surface area contributed by atoms with E-state index in [2.05, 4.69) is 15.9 Å². The summed E-state index contributed by atoms with van der Waals surface area (Å²) in [5.41, 5.74) is 2.88. The minimum Gasteiger partial charge on any atom is -0.493 e. The molecule has 0 unspecified atom stereocenters. The number of ether oxygens (including phenoxy) is 3. The van der Waals surface area contributed by atoms with Crippen LogP contribution in [-0.2, 0) is 11.4 Å². The van der Waals surface area contributed by atoms with Gasteiger partial charge in [0.25, 0.3) is 11.1 Å². The summed E-state index contributed by atoms with van der Waals surface area (Å²) < 4.78 is 18.1. The van der Waals surface area contributed by atoms with E-state index in [-0.39, 0.29) is 24.3 Å². The molecule has 0 aromatic heterocycles. The van der Waals surface area contributed by atoms with Gasteiger partial charge >= 0.3 is 0 Å². The number of amides is 2. The molecule has 1 aliphatic rings. The second-order valence-electron chi connectivity index (χ2n) is 7.82. The Balaban J connectivity index is 1.41. The summed E-state index contributed by atoms with van der Waals surface area (Å²) in [4.78, 5) is 26.9. The number of rotatable bonds is 9. The van der Waals surface area contributed by atoms with Crippen molar-refractivity contribution in [3.05, 3.63) is 92.8 Å². The first-order chi connectivity index (χ1) is 16.9. The van der Waals surface area contributed by atoms with E-state index in [0.717, 1.165) is 32.9 Å². The Labute approximate surface area is 217 Å². The van der Waals surface area contributed by atoms with E-state index in [9.17, 15) is 9.59 Å². The number of halogens is 1. The number of nitrogens with zero attached hydrogens (tertiary/aromatic N) is 1. The Morgan fingerprint density at radius 2 is 1.69 bits per heavy atom. The molecule has 1 fully saturated rings. The topological polar surface area (TPSA) is 65.1 Å². The Morgan fingerprint density at radius 3 is 2.40 bits per heavy atom. The van der Waals surface area contributed by atoms with Crippen LogP contribution in [0.3, 0.4) is 0 Å². The van der Waals surface area contributed by atoms with Crippen LogP contribution in [0.4, 0.5) is 4.79 Å². The molecule has 8 heteroatoms. The molecule has 1 aliphatic heterocycles. The Morgan fingerprint density at radius 1 is 0.943 bits per heavy atom. The highest BCUT2D eigenvalue weighted by molar-refractivity contribution is 9.10. The third-order valence-electron chi connectivity index (χ3n) is 5.27. The maximum atomic E-state index is 12.9. The van der Waals surface area contributed by atoms with Gasteiger partial charge in [0.1, 0.15) is 19.0 Å². The first-order valence-electron chi connectivity index (χ1n) is 10.9. The van der Waals surface area contributed by atoms with Crippen LogP contribution in [0.2, 0.25) is 0 Å². The molecule has 180 valence electrons. The van der Waals surface area contributed by atoms with Crippen molar-refractivity contribution >= 4 is 44.9 Å². The van der Waals surface area contributed by atoms with Gasteiger partial charge in [-0.05, 0) is 72.3 Å². The monoisotopic (exact) mass is 553 g/mol. The highest BCUT2D eigenvalue weighted by Crippen LogP contribution is 2.34. The van der Waals surface area contributed by atoms with Gasteiger partial charge in [-0.25, -0.2) is 0 Å². The standard InChI is InChI=1S/C27H24BrNO5S/c1-18-3-10-22(11-4-18)33-14-13-29-26(30)25(35-27(29)31)16-20-7-12-23(32-2)24(15-20)34-17-19-5-8-21(28)9-6-19/h3-12,15-16H,13-14,17H2,1-2H3/b25-16-. The van der Waals surface area contributed by atoms with E-state index in [1.165, 1.54) is 4.90 Å². The lowest BCUT2D eigenvalue weighted by atomic mass is 10.1. The number of thioether (sulfide) groups is 1. The highest BCUT2D eigenvalue weighted by atomic mass is 79.9. The first kappa shape index (κ1) is 24.9. The predicted octanol–water partition coefficient (Wildman–Crippen LogP) is 6.46. The molecule has 0 saturated carbocycles. The maximum absolute atomic E-state index is 12.9. The number of imide groups is 1. The molecule has 6 nitrogen and oxygen atoms in total. The molecule has 3 aromatic carbocycles. The maximum Gasteiger partial charge on any atom is 0.293 e. The predicted molar refractivity (Wildman–Crippen MR) is 141 cm³/mol. The molecule has 1 saturated heterocycles. The Bertz CT molecular complexity index is 1240. The second-order valence-corrected chi connectivity index (χ2v) is 9.73. The molecule has 0 atom stereocenters. The van der Waals surface area contributed by atoms with E-state index in [0.29, 0.717) is 28.8 Å². The van der Waals surface area contributed by atoms with Gasteiger partial charge in [-0.2, -0.15) is 0 Å². The number of methoxy groups -OCH3 is 1. The lowest BCUT2D eigenvalue weighted by Gasteiger charge is -2.13. The lowest BCUT2D eigenvalue weighted by molar-refractivity contribution is -0.123. The molecular formula is C27H24BrNO5S. The quantitative estimate of drug-likeness (QED) is 0.283. The molecule has 0 aliphatic carbocycles. The third-order valence-corrected chi connectivity index (χ3v) is 6.71. The van der Waals surface area contributed by atoms with Crippen LogP contribution in [0, 0.1) is 6.92 Å². The molecule has 0 spiro atoms. The highest BCUT2D eigenvalue weighted by Gasteiger charge is 2.34. The van der Waals surface area contributed by atoms with Gasteiger partial charge in [-0.15, -0.1) is 0 Å². The zero-order valence-corrected chi connectivity index (χ0v) is 21.7. The van der Waals surface area contributed by atoms with Gasteiger partial charge in [0.05, 0.1) is 18.6 Å². The molecular weight excluding hydrogens is 530 g/mol. The van der Waals surface area contributed by atoms with Crippen molar-refractivity contribution in [3.63, 3.8) is 0 Å². The van der Waals surface area contributed by atoms with E-state index in [1.807, 2.05) is 61.5 Å². The fraction of sp³-hybridized carbons (Fsp3) is 0.185. The molecule has 0 radical (unpaired) electrons. The summed E-state index contributed by atoms with van der Waals surface area (Å²) in [6.45, 7) is 2.77. The fourth-order valence-corrected chi connectivity index (χ4v) is 4.50. The van der Waals surface area contributed by atoms with E-state index < -0.39 is 0 Å². The molecule has 1 heterocycles. The number of carbonyl (C=O) groups excluding carboxylic acids is 2. The largest absolute Gasteiger partial charge is 0.493 e. The number of carbonyl (C=O) groups is 2. The van der Waals surface area contributed by atoms with Crippen molar-refractivity contribution in [1.82, 2.24) is 4.90 Å². The summed E-state index contributed by atoms with van der Waals surface area (Å²) in [6.07, 6.45) is 1.69. The smallest absolute Gasteiger partial charge is 0.293 e. The normalized spacial score (nSPS) is 14.5. The van der Waals surface area contributed by atoms with Crippen molar-refractivity contribution in [2.45, 2.75) is 13.5 Å². The van der Waals surface area contributed by atoms with Crippen molar-refractivity contribution in [1.29, 1.82) is 0 Å².